The first-order chi connectivity index (χ1) is 9.47. The monoisotopic (exact) mass is 351 g/mol. The molecule has 0 saturated carbocycles. The standard InChI is InChI=1S/C16H15BrClNO/c1-10-6-7-11(2)12(8-10)9-15(20)19-14-5-3-4-13(18)16(14)17/h3-8H,9H2,1-2H3,(H,19,20). The van der Waals surface area contributed by atoms with E-state index in [1.54, 1.807) is 12.1 Å². The van der Waals surface area contributed by atoms with E-state index in [0.29, 0.717) is 21.6 Å². The largest absolute Gasteiger partial charge is 0.325 e. The third-order valence-corrected chi connectivity index (χ3v) is 4.48. The lowest BCUT2D eigenvalue weighted by Crippen LogP contribution is -2.15. The molecule has 4 heteroatoms. The van der Waals surface area contributed by atoms with E-state index in [4.69, 9.17) is 11.6 Å². The van der Waals surface area contributed by atoms with Crippen LogP contribution in [0.5, 0.6) is 0 Å². The van der Waals surface area contributed by atoms with Gasteiger partial charge in [-0.1, -0.05) is 41.4 Å². The highest BCUT2D eigenvalue weighted by atomic mass is 79.9. The highest BCUT2D eigenvalue weighted by Gasteiger charge is 2.10. The van der Waals surface area contributed by atoms with Gasteiger partial charge in [-0.25, -0.2) is 0 Å². The van der Waals surface area contributed by atoms with Crippen molar-refractivity contribution >= 4 is 39.1 Å². The van der Waals surface area contributed by atoms with Crippen LogP contribution in [0.2, 0.25) is 5.02 Å². The lowest BCUT2D eigenvalue weighted by molar-refractivity contribution is -0.115. The van der Waals surface area contributed by atoms with Crippen molar-refractivity contribution < 1.29 is 4.79 Å². The van der Waals surface area contributed by atoms with Crippen LogP contribution >= 0.6 is 27.5 Å². The van der Waals surface area contributed by atoms with E-state index < -0.39 is 0 Å². The van der Waals surface area contributed by atoms with Crippen molar-refractivity contribution in [2.75, 3.05) is 5.32 Å². The quantitative estimate of drug-likeness (QED) is 0.836. The third kappa shape index (κ3) is 3.62. The van der Waals surface area contributed by atoms with Crippen LogP contribution in [-0.2, 0) is 11.2 Å². The van der Waals surface area contributed by atoms with Gasteiger partial charge in [0.1, 0.15) is 0 Å². The molecular formula is C16H15BrClNO. The Morgan fingerprint density at radius 3 is 2.75 bits per heavy atom. The fourth-order valence-corrected chi connectivity index (χ4v) is 2.50. The van der Waals surface area contributed by atoms with Gasteiger partial charge in [0.15, 0.2) is 0 Å². The van der Waals surface area contributed by atoms with Crippen molar-refractivity contribution in [3.05, 3.63) is 62.6 Å². The predicted molar refractivity (Wildman–Crippen MR) is 87.4 cm³/mol. The van der Waals surface area contributed by atoms with Crippen LogP contribution in [0.3, 0.4) is 0 Å². The Hall–Kier alpha value is -1.32. The third-order valence-electron chi connectivity index (χ3n) is 3.08. The molecule has 2 rings (SSSR count). The maximum absolute atomic E-state index is 12.1. The fraction of sp³-hybridized carbons (Fsp3) is 0.188. The van der Waals surface area contributed by atoms with Crippen molar-refractivity contribution in [1.82, 2.24) is 0 Å². The van der Waals surface area contributed by atoms with Gasteiger partial charge in [-0.2, -0.15) is 0 Å². The summed E-state index contributed by atoms with van der Waals surface area (Å²) in [5, 5.41) is 3.45. The van der Waals surface area contributed by atoms with Crippen LogP contribution in [0.25, 0.3) is 0 Å². The normalized spacial score (nSPS) is 10.4. The minimum absolute atomic E-state index is 0.0540. The first-order valence-corrected chi connectivity index (χ1v) is 7.44. The Labute approximate surface area is 132 Å². The molecule has 0 aliphatic carbocycles. The molecule has 20 heavy (non-hydrogen) atoms. The number of aryl methyl sites for hydroxylation is 2. The fourth-order valence-electron chi connectivity index (χ4n) is 1.96. The minimum atomic E-state index is -0.0540. The lowest BCUT2D eigenvalue weighted by Gasteiger charge is -2.10. The Balaban J connectivity index is 2.13. The number of benzene rings is 2. The summed E-state index contributed by atoms with van der Waals surface area (Å²) in [7, 11) is 0. The Bertz CT molecular complexity index is 649. The first-order valence-electron chi connectivity index (χ1n) is 6.27. The van der Waals surface area contributed by atoms with Crippen molar-refractivity contribution in [3.8, 4) is 0 Å². The number of hydrogen-bond acceptors (Lipinski definition) is 1. The molecule has 104 valence electrons. The average molecular weight is 353 g/mol. The van der Waals surface area contributed by atoms with Gasteiger partial charge in [0.25, 0.3) is 0 Å². The number of anilines is 1. The molecule has 0 radical (unpaired) electrons. The summed E-state index contributed by atoms with van der Waals surface area (Å²) in [6.45, 7) is 4.03. The second kappa shape index (κ2) is 6.42. The number of hydrogen-bond donors (Lipinski definition) is 1. The lowest BCUT2D eigenvalue weighted by atomic mass is 10.0. The van der Waals surface area contributed by atoms with Crippen molar-refractivity contribution in [2.24, 2.45) is 0 Å². The van der Waals surface area contributed by atoms with E-state index in [1.807, 2.05) is 38.1 Å². The molecule has 0 aliphatic heterocycles. The maximum Gasteiger partial charge on any atom is 0.228 e. The number of carbonyl (C=O) groups is 1. The molecule has 2 nitrogen and oxygen atoms in total. The second-order valence-corrected chi connectivity index (χ2v) is 5.96. The van der Waals surface area contributed by atoms with Crippen molar-refractivity contribution in [3.63, 3.8) is 0 Å². The van der Waals surface area contributed by atoms with E-state index in [-0.39, 0.29) is 5.91 Å². The van der Waals surface area contributed by atoms with Gasteiger partial charge in [0, 0.05) is 0 Å². The van der Waals surface area contributed by atoms with Crippen LogP contribution in [0.15, 0.2) is 40.9 Å². The molecule has 2 aromatic rings. The van der Waals surface area contributed by atoms with Crippen LogP contribution in [-0.4, -0.2) is 5.91 Å². The SMILES string of the molecule is Cc1ccc(C)c(CC(=O)Nc2cccc(Cl)c2Br)c1. The topological polar surface area (TPSA) is 29.1 Å². The molecule has 0 aromatic heterocycles. The zero-order chi connectivity index (χ0) is 14.7. The predicted octanol–water partition coefficient (Wildman–Crippen LogP) is 4.90. The summed E-state index contributed by atoms with van der Waals surface area (Å²) >= 11 is 9.38. The number of amides is 1. The molecule has 0 fully saturated rings. The number of nitrogens with one attached hydrogen (secondary N) is 1. The molecular weight excluding hydrogens is 338 g/mol. The zero-order valence-electron chi connectivity index (χ0n) is 11.3. The molecule has 0 heterocycles. The van der Waals surface area contributed by atoms with E-state index in [1.165, 1.54) is 0 Å². The molecule has 1 amide bonds. The van der Waals surface area contributed by atoms with E-state index in [0.717, 1.165) is 16.7 Å². The van der Waals surface area contributed by atoms with E-state index in [2.05, 4.69) is 21.2 Å². The molecule has 0 unspecified atom stereocenters. The van der Waals surface area contributed by atoms with Gasteiger partial charge in [0.2, 0.25) is 5.91 Å². The van der Waals surface area contributed by atoms with Gasteiger partial charge in [-0.15, -0.1) is 0 Å². The summed E-state index contributed by atoms with van der Waals surface area (Å²) in [6, 6.07) is 11.5. The molecule has 0 spiro atoms. The van der Waals surface area contributed by atoms with Crippen LogP contribution in [0, 0.1) is 13.8 Å². The molecule has 0 bridgehead atoms. The van der Waals surface area contributed by atoms with Gasteiger partial charge in [-0.05, 0) is 53.0 Å². The molecule has 0 atom stereocenters. The average Bonchev–Trinajstić information content (AvgIpc) is 2.39. The van der Waals surface area contributed by atoms with Crippen molar-refractivity contribution in [1.29, 1.82) is 0 Å². The number of halogens is 2. The summed E-state index contributed by atoms with van der Waals surface area (Å²) in [6.07, 6.45) is 0.354. The van der Waals surface area contributed by atoms with Crippen molar-refractivity contribution in [2.45, 2.75) is 20.3 Å². The summed E-state index contributed by atoms with van der Waals surface area (Å²) in [4.78, 5) is 12.1. The van der Waals surface area contributed by atoms with Gasteiger partial charge < -0.3 is 5.32 Å². The first kappa shape index (κ1) is 15.1. The van der Waals surface area contributed by atoms with Crippen LogP contribution < -0.4 is 5.32 Å². The Morgan fingerprint density at radius 2 is 2.00 bits per heavy atom. The Kier molecular flexibility index (Phi) is 4.84. The van der Waals surface area contributed by atoms with E-state index >= 15 is 0 Å². The zero-order valence-corrected chi connectivity index (χ0v) is 13.7. The Morgan fingerprint density at radius 1 is 1.25 bits per heavy atom. The molecule has 1 N–H and O–H groups in total. The number of rotatable bonds is 3. The van der Waals surface area contributed by atoms with Crippen LogP contribution in [0.1, 0.15) is 16.7 Å². The second-order valence-electron chi connectivity index (χ2n) is 4.76. The number of carbonyl (C=O) groups excluding carboxylic acids is 1. The smallest absolute Gasteiger partial charge is 0.228 e. The maximum atomic E-state index is 12.1. The summed E-state index contributed by atoms with van der Waals surface area (Å²) < 4.78 is 0.705. The highest BCUT2D eigenvalue weighted by Crippen LogP contribution is 2.30. The summed E-state index contributed by atoms with van der Waals surface area (Å²) in [5.74, 6) is -0.0540. The molecule has 2 aromatic carbocycles. The molecule has 0 aliphatic rings. The molecule has 0 saturated heterocycles. The minimum Gasteiger partial charge on any atom is -0.325 e. The van der Waals surface area contributed by atoms with E-state index in [9.17, 15) is 4.79 Å². The highest BCUT2D eigenvalue weighted by molar-refractivity contribution is 9.10. The van der Waals surface area contributed by atoms with Gasteiger partial charge in [0.05, 0.1) is 21.6 Å². The van der Waals surface area contributed by atoms with Gasteiger partial charge in [-0.3, -0.25) is 4.79 Å². The van der Waals surface area contributed by atoms with Gasteiger partial charge >= 0.3 is 0 Å². The summed E-state index contributed by atoms with van der Waals surface area (Å²) in [5.41, 5.74) is 4.01. The van der Waals surface area contributed by atoms with Crippen LogP contribution in [0.4, 0.5) is 5.69 Å².